The normalized spacial score (nSPS) is 27.4. The van der Waals surface area contributed by atoms with Crippen LogP contribution in [0, 0.1) is 5.92 Å². The van der Waals surface area contributed by atoms with Crippen molar-refractivity contribution < 1.29 is 0 Å². The average molecular weight is 308 g/mol. The second-order valence-corrected chi connectivity index (χ2v) is 7.77. The van der Waals surface area contributed by atoms with Crippen molar-refractivity contribution in [1.82, 2.24) is 15.2 Å². The first-order valence-corrected chi connectivity index (χ1v) is 9.56. The lowest BCUT2D eigenvalue weighted by molar-refractivity contribution is 0.200. The van der Waals surface area contributed by atoms with Gasteiger partial charge in [-0.3, -0.25) is 0 Å². The van der Waals surface area contributed by atoms with E-state index in [2.05, 4.69) is 27.5 Å². The zero-order chi connectivity index (χ0) is 14.5. The quantitative estimate of drug-likeness (QED) is 0.923. The maximum Gasteiger partial charge on any atom is 0.0965 e. The molecule has 2 atom stereocenters. The van der Waals surface area contributed by atoms with E-state index in [-0.39, 0.29) is 0 Å². The van der Waals surface area contributed by atoms with Gasteiger partial charge in [-0.15, -0.1) is 11.3 Å². The first-order chi connectivity index (χ1) is 10.3. The van der Waals surface area contributed by atoms with Crippen molar-refractivity contribution in [3.63, 3.8) is 0 Å². The van der Waals surface area contributed by atoms with Crippen LogP contribution in [-0.4, -0.2) is 42.1 Å². The number of nitrogens with one attached hydrogen (secondary N) is 1. The molecular formula is C17H29N3S. The number of aromatic nitrogens is 1. The fraction of sp³-hybridized carbons (Fsp3) is 0.824. The van der Waals surface area contributed by atoms with E-state index in [0.29, 0.717) is 5.92 Å². The Labute approximate surface area is 133 Å². The van der Waals surface area contributed by atoms with E-state index in [4.69, 9.17) is 0 Å². The molecule has 3 rings (SSSR count). The van der Waals surface area contributed by atoms with Gasteiger partial charge in [0.15, 0.2) is 0 Å². The number of hydrogen-bond donors (Lipinski definition) is 1. The molecular weight excluding hydrogens is 278 g/mol. The van der Waals surface area contributed by atoms with Crippen LogP contribution in [0.2, 0.25) is 0 Å². The maximum absolute atomic E-state index is 4.49. The Morgan fingerprint density at radius 3 is 2.95 bits per heavy atom. The molecule has 2 heterocycles. The molecule has 21 heavy (non-hydrogen) atoms. The zero-order valence-electron chi connectivity index (χ0n) is 13.3. The molecule has 0 spiro atoms. The minimum atomic E-state index is 0.565. The van der Waals surface area contributed by atoms with Gasteiger partial charge in [0, 0.05) is 36.6 Å². The standard InChI is InChI=1S/C17H29N3S/c1-14(17-19-9-11-21-17)12-20-10-5-8-18-16(13-20)15-6-3-2-4-7-15/h9,11,14-16,18H,2-8,10,12-13H2,1H3. The van der Waals surface area contributed by atoms with Crippen LogP contribution in [0.5, 0.6) is 0 Å². The monoisotopic (exact) mass is 307 g/mol. The van der Waals surface area contributed by atoms with Crippen LogP contribution < -0.4 is 5.32 Å². The van der Waals surface area contributed by atoms with Crippen molar-refractivity contribution in [1.29, 1.82) is 0 Å². The average Bonchev–Trinajstić information content (AvgIpc) is 2.96. The molecule has 3 nitrogen and oxygen atoms in total. The van der Waals surface area contributed by atoms with Gasteiger partial charge >= 0.3 is 0 Å². The fourth-order valence-corrected chi connectivity index (χ4v) is 4.68. The molecule has 0 radical (unpaired) electrons. The Kier molecular flexibility index (Phi) is 5.67. The molecule has 1 saturated carbocycles. The van der Waals surface area contributed by atoms with Gasteiger partial charge in [0.05, 0.1) is 5.01 Å². The Bertz CT molecular complexity index is 400. The molecule has 0 aromatic carbocycles. The van der Waals surface area contributed by atoms with Gasteiger partial charge < -0.3 is 10.2 Å². The van der Waals surface area contributed by atoms with E-state index < -0.39 is 0 Å². The van der Waals surface area contributed by atoms with Crippen LogP contribution in [0.4, 0.5) is 0 Å². The molecule has 2 unspecified atom stereocenters. The smallest absolute Gasteiger partial charge is 0.0965 e. The summed E-state index contributed by atoms with van der Waals surface area (Å²) in [7, 11) is 0. The van der Waals surface area contributed by atoms with Crippen molar-refractivity contribution in [2.45, 2.75) is 57.4 Å². The summed E-state index contributed by atoms with van der Waals surface area (Å²) < 4.78 is 0. The molecule has 1 N–H and O–H groups in total. The molecule has 118 valence electrons. The first-order valence-electron chi connectivity index (χ1n) is 8.68. The van der Waals surface area contributed by atoms with Gasteiger partial charge in [-0.05, 0) is 38.3 Å². The minimum absolute atomic E-state index is 0.565. The Morgan fingerprint density at radius 2 is 2.19 bits per heavy atom. The van der Waals surface area contributed by atoms with Gasteiger partial charge in [0.25, 0.3) is 0 Å². The molecule has 1 aliphatic heterocycles. The van der Waals surface area contributed by atoms with E-state index in [1.165, 1.54) is 69.7 Å². The largest absolute Gasteiger partial charge is 0.312 e. The lowest BCUT2D eigenvalue weighted by Crippen LogP contribution is -2.44. The fourth-order valence-electron chi connectivity index (χ4n) is 3.99. The van der Waals surface area contributed by atoms with E-state index in [0.717, 1.165) is 12.0 Å². The Balaban J connectivity index is 1.56. The van der Waals surface area contributed by atoms with Crippen LogP contribution in [0.1, 0.15) is 56.4 Å². The summed E-state index contributed by atoms with van der Waals surface area (Å²) in [5.74, 6) is 1.48. The maximum atomic E-state index is 4.49. The van der Waals surface area contributed by atoms with Gasteiger partial charge in [-0.25, -0.2) is 4.98 Å². The number of hydrogen-bond acceptors (Lipinski definition) is 4. The molecule has 1 saturated heterocycles. The Morgan fingerprint density at radius 1 is 1.33 bits per heavy atom. The zero-order valence-corrected chi connectivity index (χ0v) is 14.1. The summed E-state index contributed by atoms with van der Waals surface area (Å²) in [6.45, 7) is 7.17. The number of rotatable bonds is 4. The van der Waals surface area contributed by atoms with Gasteiger partial charge in [0.1, 0.15) is 0 Å². The second kappa shape index (κ2) is 7.70. The van der Waals surface area contributed by atoms with Crippen molar-refractivity contribution >= 4 is 11.3 Å². The van der Waals surface area contributed by atoms with Crippen molar-refractivity contribution in [2.24, 2.45) is 5.92 Å². The third-order valence-electron chi connectivity index (χ3n) is 5.14. The predicted molar refractivity (Wildman–Crippen MR) is 90.0 cm³/mol. The van der Waals surface area contributed by atoms with Crippen molar-refractivity contribution in [3.8, 4) is 0 Å². The number of thiazole rings is 1. The van der Waals surface area contributed by atoms with E-state index in [1.807, 2.05) is 6.20 Å². The highest BCUT2D eigenvalue weighted by atomic mass is 32.1. The molecule has 1 aliphatic carbocycles. The van der Waals surface area contributed by atoms with E-state index >= 15 is 0 Å². The van der Waals surface area contributed by atoms with Crippen LogP contribution in [0.25, 0.3) is 0 Å². The van der Waals surface area contributed by atoms with Gasteiger partial charge in [-0.1, -0.05) is 26.2 Å². The Hall–Kier alpha value is -0.450. The third kappa shape index (κ3) is 4.27. The lowest BCUT2D eigenvalue weighted by atomic mass is 9.83. The van der Waals surface area contributed by atoms with Gasteiger partial charge in [0.2, 0.25) is 0 Å². The van der Waals surface area contributed by atoms with Crippen LogP contribution in [0.15, 0.2) is 11.6 Å². The summed E-state index contributed by atoms with van der Waals surface area (Å²) in [5, 5.41) is 7.23. The molecule has 1 aromatic rings. The number of nitrogens with zero attached hydrogens (tertiary/aromatic N) is 2. The highest BCUT2D eigenvalue weighted by molar-refractivity contribution is 7.09. The third-order valence-corrected chi connectivity index (χ3v) is 6.14. The van der Waals surface area contributed by atoms with E-state index in [9.17, 15) is 0 Å². The molecule has 0 amide bonds. The molecule has 2 aliphatic rings. The minimum Gasteiger partial charge on any atom is -0.312 e. The summed E-state index contributed by atoms with van der Waals surface area (Å²) in [4.78, 5) is 7.18. The van der Waals surface area contributed by atoms with Crippen LogP contribution in [0.3, 0.4) is 0 Å². The SMILES string of the molecule is CC(CN1CCCNC(C2CCCCC2)C1)c1nccs1. The molecule has 4 heteroatoms. The molecule has 2 fully saturated rings. The lowest BCUT2D eigenvalue weighted by Gasteiger charge is -2.33. The summed E-state index contributed by atoms with van der Waals surface area (Å²) in [6, 6.07) is 0.719. The van der Waals surface area contributed by atoms with Crippen LogP contribution >= 0.6 is 11.3 Å². The van der Waals surface area contributed by atoms with Crippen molar-refractivity contribution in [3.05, 3.63) is 16.6 Å². The van der Waals surface area contributed by atoms with E-state index in [1.54, 1.807) is 11.3 Å². The summed E-state index contributed by atoms with van der Waals surface area (Å²) in [5.41, 5.74) is 0. The molecule has 1 aromatic heterocycles. The second-order valence-electron chi connectivity index (χ2n) is 6.84. The molecule has 0 bridgehead atoms. The van der Waals surface area contributed by atoms with Crippen molar-refractivity contribution in [2.75, 3.05) is 26.2 Å². The predicted octanol–water partition coefficient (Wildman–Crippen LogP) is 3.49. The highest BCUT2D eigenvalue weighted by Crippen LogP contribution is 2.28. The van der Waals surface area contributed by atoms with Gasteiger partial charge in [-0.2, -0.15) is 0 Å². The first kappa shape index (κ1) is 15.4. The summed E-state index contributed by atoms with van der Waals surface area (Å²) >= 11 is 1.80. The summed E-state index contributed by atoms with van der Waals surface area (Å²) in [6.07, 6.45) is 10.4. The topological polar surface area (TPSA) is 28.2 Å². The highest BCUT2D eigenvalue weighted by Gasteiger charge is 2.27. The van der Waals surface area contributed by atoms with Crippen LogP contribution in [-0.2, 0) is 0 Å².